The fraction of sp³-hybridized carbons (Fsp3) is 0.500. The summed E-state index contributed by atoms with van der Waals surface area (Å²) in [5, 5.41) is 18.3. The Balaban J connectivity index is 2.05. The number of ether oxygens (including phenoxy) is 1. The molecule has 7 heteroatoms. The minimum Gasteiger partial charge on any atom is -0.378 e. The number of anilines is 1. The summed E-state index contributed by atoms with van der Waals surface area (Å²) in [6.45, 7) is 3.19. The number of nitrogens with zero attached hydrogens (tertiary/aromatic N) is 5. The Bertz CT molecular complexity index is 463. The third kappa shape index (κ3) is 1.40. The van der Waals surface area contributed by atoms with Gasteiger partial charge in [-0.05, 0) is 0 Å². The van der Waals surface area contributed by atoms with Crippen LogP contribution in [-0.2, 0) is 4.74 Å². The van der Waals surface area contributed by atoms with Gasteiger partial charge in [-0.2, -0.15) is 15.4 Å². The van der Waals surface area contributed by atoms with Gasteiger partial charge in [0.25, 0.3) is 0 Å². The Morgan fingerprint density at radius 3 is 3.00 bits per heavy atom. The maximum Gasteiger partial charge on any atom is 0.225 e. The van der Waals surface area contributed by atoms with Crippen LogP contribution in [0.15, 0.2) is 6.20 Å². The van der Waals surface area contributed by atoms with Crippen molar-refractivity contribution in [3.63, 3.8) is 0 Å². The lowest BCUT2D eigenvalue weighted by Gasteiger charge is -2.28. The molecule has 2 aromatic heterocycles. The molecule has 2 aromatic rings. The topological polar surface area (TPSA) is 79.8 Å². The van der Waals surface area contributed by atoms with E-state index in [1.807, 2.05) is 0 Å². The molecule has 1 aliphatic rings. The lowest BCUT2D eigenvalue weighted by atomic mass is 10.3. The molecule has 0 saturated carbocycles. The van der Waals surface area contributed by atoms with Crippen molar-refractivity contribution in [1.82, 2.24) is 25.6 Å². The molecule has 0 radical (unpaired) electrons. The largest absolute Gasteiger partial charge is 0.378 e. The first kappa shape index (κ1) is 8.54. The van der Waals surface area contributed by atoms with Crippen molar-refractivity contribution >= 4 is 16.9 Å². The average molecular weight is 206 g/mol. The molecule has 0 bridgehead atoms. The second kappa shape index (κ2) is 3.43. The van der Waals surface area contributed by atoms with E-state index in [0.29, 0.717) is 5.65 Å². The molecule has 3 heterocycles. The molecule has 1 fully saturated rings. The molecule has 0 amide bonds. The third-order valence-corrected chi connectivity index (χ3v) is 2.46. The highest BCUT2D eigenvalue weighted by atomic mass is 16.5. The normalized spacial score (nSPS) is 17.2. The Labute approximate surface area is 85.4 Å². The molecular formula is C8H10N6O. The van der Waals surface area contributed by atoms with Gasteiger partial charge < -0.3 is 9.64 Å². The smallest absolute Gasteiger partial charge is 0.225 e. The Morgan fingerprint density at radius 2 is 2.13 bits per heavy atom. The van der Waals surface area contributed by atoms with Crippen LogP contribution < -0.4 is 4.90 Å². The summed E-state index contributed by atoms with van der Waals surface area (Å²) >= 11 is 0. The van der Waals surface area contributed by atoms with Crippen LogP contribution in [0, 0.1) is 0 Å². The van der Waals surface area contributed by atoms with Crippen LogP contribution in [0.3, 0.4) is 0 Å². The zero-order valence-corrected chi connectivity index (χ0v) is 8.05. The predicted molar refractivity (Wildman–Crippen MR) is 52.5 cm³/mol. The maximum atomic E-state index is 5.29. The summed E-state index contributed by atoms with van der Waals surface area (Å²) in [7, 11) is 0. The average Bonchev–Trinajstić information content (AvgIpc) is 2.78. The van der Waals surface area contributed by atoms with E-state index in [4.69, 9.17) is 4.74 Å². The molecule has 1 aliphatic heterocycles. The summed E-state index contributed by atoms with van der Waals surface area (Å²) in [5.74, 6) is 0. The molecule has 0 atom stereocenters. The number of hydrogen-bond acceptors (Lipinski definition) is 6. The Kier molecular flexibility index (Phi) is 1.95. The van der Waals surface area contributed by atoms with Gasteiger partial charge in [-0.1, -0.05) is 0 Å². The predicted octanol–water partition coefficient (Wildman–Crippen LogP) is -0.416. The summed E-state index contributed by atoms with van der Waals surface area (Å²) in [4.78, 5) is 2.18. The van der Waals surface area contributed by atoms with E-state index in [-0.39, 0.29) is 0 Å². The molecule has 0 aromatic carbocycles. The van der Waals surface area contributed by atoms with Gasteiger partial charge in [-0.15, -0.1) is 10.2 Å². The molecule has 3 rings (SSSR count). The number of H-pyrrole nitrogens is 1. The fourth-order valence-corrected chi connectivity index (χ4v) is 1.70. The van der Waals surface area contributed by atoms with E-state index >= 15 is 0 Å². The molecule has 15 heavy (non-hydrogen) atoms. The highest BCUT2D eigenvalue weighted by Crippen LogP contribution is 2.21. The highest BCUT2D eigenvalue weighted by molar-refractivity contribution is 5.83. The SMILES string of the molecule is c1nnc2n[nH]nc2c1N1CCOCC1. The van der Waals surface area contributed by atoms with Gasteiger partial charge in [0.1, 0.15) is 0 Å². The lowest BCUT2D eigenvalue weighted by molar-refractivity contribution is 0.123. The zero-order valence-electron chi connectivity index (χ0n) is 8.05. The molecule has 78 valence electrons. The van der Waals surface area contributed by atoms with Gasteiger partial charge in [0, 0.05) is 13.1 Å². The fourth-order valence-electron chi connectivity index (χ4n) is 1.70. The van der Waals surface area contributed by atoms with Gasteiger partial charge in [0.15, 0.2) is 5.52 Å². The van der Waals surface area contributed by atoms with Crippen molar-refractivity contribution in [2.45, 2.75) is 0 Å². The molecule has 7 nitrogen and oxygen atoms in total. The van der Waals surface area contributed by atoms with Crippen LogP contribution in [-0.4, -0.2) is 51.9 Å². The van der Waals surface area contributed by atoms with E-state index in [0.717, 1.165) is 37.5 Å². The van der Waals surface area contributed by atoms with Gasteiger partial charge >= 0.3 is 0 Å². The van der Waals surface area contributed by atoms with Crippen molar-refractivity contribution in [2.24, 2.45) is 0 Å². The quantitative estimate of drug-likeness (QED) is 0.683. The summed E-state index contributed by atoms with van der Waals surface area (Å²) < 4.78 is 5.29. The van der Waals surface area contributed by atoms with Gasteiger partial charge in [-0.3, -0.25) is 0 Å². The van der Waals surface area contributed by atoms with Crippen LogP contribution in [0.25, 0.3) is 11.2 Å². The molecular weight excluding hydrogens is 196 g/mol. The Hall–Kier alpha value is -1.76. The van der Waals surface area contributed by atoms with E-state index in [1.54, 1.807) is 6.20 Å². The summed E-state index contributed by atoms with van der Waals surface area (Å²) in [6.07, 6.45) is 1.72. The van der Waals surface area contributed by atoms with Crippen molar-refractivity contribution in [1.29, 1.82) is 0 Å². The van der Waals surface area contributed by atoms with E-state index in [2.05, 4.69) is 30.5 Å². The molecule has 1 saturated heterocycles. The number of nitrogens with one attached hydrogen (secondary N) is 1. The van der Waals surface area contributed by atoms with Gasteiger partial charge in [-0.25, -0.2) is 0 Å². The number of aromatic amines is 1. The first-order valence-corrected chi connectivity index (χ1v) is 4.80. The first-order chi connectivity index (χ1) is 7.45. The zero-order chi connectivity index (χ0) is 10.1. The van der Waals surface area contributed by atoms with Crippen molar-refractivity contribution < 1.29 is 4.74 Å². The highest BCUT2D eigenvalue weighted by Gasteiger charge is 2.16. The van der Waals surface area contributed by atoms with Gasteiger partial charge in [0.05, 0.1) is 25.1 Å². The molecule has 0 spiro atoms. The molecule has 0 aliphatic carbocycles. The Morgan fingerprint density at radius 1 is 1.27 bits per heavy atom. The van der Waals surface area contributed by atoms with Crippen molar-refractivity contribution in [3.05, 3.63) is 6.20 Å². The third-order valence-electron chi connectivity index (χ3n) is 2.46. The lowest BCUT2D eigenvalue weighted by Crippen LogP contribution is -2.36. The van der Waals surface area contributed by atoms with Crippen LogP contribution in [0.1, 0.15) is 0 Å². The minimum absolute atomic E-state index is 0.555. The van der Waals surface area contributed by atoms with E-state index in [1.165, 1.54) is 0 Å². The van der Waals surface area contributed by atoms with Crippen LogP contribution in [0.5, 0.6) is 0 Å². The van der Waals surface area contributed by atoms with Crippen LogP contribution >= 0.6 is 0 Å². The second-order valence-corrected chi connectivity index (χ2v) is 3.33. The van der Waals surface area contributed by atoms with Crippen LogP contribution in [0.2, 0.25) is 0 Å². The van der Waals surface area contributed by atoms with E-state index in [9.17, 15) is 0 Å². The van der Waals surface area contributed by atoms with E-state index < -0.39 is 0 Å². The monoisotopic (exact) mass is 206 g/mol. The molecule has 1 N–H and O–H groups in total. The van der Waals surface area contributed by atoms with Gasteiger partial charge in [0.2, 0.25) is 5.65 Å². The number of fused-ring (bicyclic) bond motifs is 1. The summed E-state index contributed by atoms with van der Waals surface area (Å²) in [6, 6.07) is 0. The first-order valence-electron chi connectivity index (χ1n) is 4.80. The standard InChI is InChI=1S/C8H10N6O/c1-3-15-4-2-14(1)6-5-9-11-8-7(6)10-13-12-8/h5H,1-4H2,(H,10,11,12,13). The summed E-state index contributed by atoms with van der Waals surface area (Å²) in [5.41, 5.74) is 2.29. The number of hydrogen-bond donors (Lipinski definition) is 1. The second-order valence-electron chi connectivity index (χ2n) is 3.33. The minimum atomic E-state index is 0.555. The van der Waals surface area contributed by atoms with Crippen LogP contribution in [0.4, 0.5) is 5.69 Å². The maximum absolute atomic E-state index is 5.29. The number of morpholine rings is 1. The number of rotatable bonds is 1. The van der Waals surface area contributed by atoms with Crippen molar-refractivity contribution in [2.75, 3.05) is 31.2 Å². The molecule has 0 unspecified atom stereocenters. The number of aromatic nitrogens is 5. The van der Waals surface area contributed by atoms with Crippen molar-refractivity contribution in [3.8, 4) is 0 Å².